The molecule has 0 atom stereocenters. The topological polar surface area (TPSA) is 71.3 Å². The van der Waals surface area contributed by atoms with E-state index in [1.54, 1.807) is 25.3 Å². The molecule has 5 nitrogen and oxygen atoms in total. The average Bonchev–Trinajstić information content (AvgIpc) is 2.79. The summed E-state index contributed by atoms with van der Waals surface area (Å²) in [6, 6.07) is 21.1. The number of anilines is 1. The number of halogens is 2. The number of nitrogens with one attached hydrogen (secondary N) is 1. The van der Waals surface area contributed by atoms with Gasteiger partial charge in [-0.3, -0.25) is 4.79 Å². The van der Waals surface area contributed by atoms with Crippen LogP contribution in [-0.2, 0) is 11.4 Å². The standard InChI is InChI=1S/C25H20I2N2O3/c1-16-3-9-21(10-4-16)29-25(30)19(14-28)11-18-12-22(27)24(23(13-18)31-2)32-15-17-5-7-20(26)8-6-17/h3-13H,15H2,1-2H3,(H,29,30)/b19-11+. The second-order valence-electron chi connectivity index (χ2n) is 6.94. The lowest BCUT2D eigenvalue weighted by atomic mass is 10.1. The Bertz CT molecular complexity index is 1180. The molecular formula is C25H20I2N2O3. The zero-order valence-electron chi connectivity index (χ0n) is 17.5. The predicted molar refractivity (Wildman–Crippen MR) is 143 cm³/mol. The number of hydrogen-bond donors (Lipinski definition) is 1. The Kier molecular flexibility index (Phi) is 8.53. The van der Waals surface area contributed by atoms with Gasteiger partial charge in [-0.2, -0.15) is 5.26 Å². The van der Waals surface area contributed by atoms with Gasteiger partial charge in [0.15, 0.2) is 11.5 Å². The van der Waals surface area contributed by atoms with Crippen molar-refractivity contribution in [3.8, 4) is 17.6 Å². The minimum absolute atomic E-state index is 0.00372. The van der Waals surface area contributed by atoms with E-state index in [0.717, 1.165) is 18.3 Å². The third kappa shape index (κ3) is 6.46. The van der Waals surface area contributed by atoms with E-state index in [-0.39, 0.29) is 5.57 Å². The molecule has 0 aliphatic heterocycles. The van der Waals surface area contributed by atoms with Gasteiger partial charge in [-0.05, 0) is 106 Å². The largest absolute Gasteiger partial charge is 0.493 e. The van der Waals surface area contributed by atoms with Gasteiger partial charge in [0, 0.05) is 9.26 Å². The number of amides is 1. The Morgan fingerprint density at radius 2 is 1.78 bits per heavy atom. The first kappa shape index (κ1) is 24.1. The summed E-state index contributed by atoms with van der Waals surface area (Å²) in [5.74, 6) is 0.681. The summed E-state index contributed by atoms with van der Waals surface area (Å²) in [5.41, 5.74) is 3.43. The molecular weight excluding hydrogens is 630 g/mol. The highest BCUT2D eigenvalue weighted by molar-refractivity contribution is 14.1. The highest BCUT2D eigenvalue weighted by Gasteiger charge is 2.14. The summed E-state index contributed by atoms with van der Waals surface area (Å²) < 4.78 is 13.5. The van der Waals surface area contributed by atoms with E-state index < -0.39 is 5.91 Å². The van der Waals surface area contributed by atoms with Crippen molar-refractivity contribution in [2.75, 3.05) is 12.4 Å². The van der Waals surface area contributed by atoms with Gasteiger partial charge in [-0.15, -0.1) is 0 Å². The summed E-state index contributed by atoms with van der Waals surface area (Å²) in [5, 5.41) is 12.3. The first-order chi connectivity index (χ1) is 15.4. The third-order valence-electron chi connectivity index (χ3n) is 4.53. The smallest absolute Gasteiger partial charge is 0.266 e. The summed E-state index contributed by atoms with van der Waals surface area (Å²) >= 11 is 4.42. The molecule has 0 spiro atoms. The summed E-state index contributed by atoms with van der Waals surface area (Å²) in [6.45, 7) is 2.37. The Labute approximate surface area is 214 Å². The van der Waals surface area contributed by atoms with Gasteiger partial charge in [-0.25, -0.2) is 0 Å². The molecule has 3 aromatic carbocycles. The highest BCUT2D eigenvalue weighted by atomic mass is 127. The maximum absolute atomic E-state index is 12.6. The molecule has 0 aliphatic carbocycles. The highest BCUT2D eigenvalue weighted by Crippen LogP contribution is 2.35. The van der Waals surface area contributed by atoms with Crippen LogP contribution >= 0.6 is 45.2 Å². The van der Waals surface area contributed by atoms with Gasteiger partial charge >= 0.3 is 0 Å². The van der Waals surface area contributed by atoms with Gasteiger partial charge in [0.05, 0.1) is 10.7 Å². The van der Waals surface area contributed by atoms with Crippen LogP contribution in [0.4, 0.5) is 5.69 Å². The molecule has 7 heteroatoms. The number of aryl methyl sites for hydroxylation is 1. The number of carbonyl (C=O) groups is 1. The van der Waals surface area contributed by atoms with E-state index >= 15 is 0 Å². The quantitative estimate of drug-likeness (QED) is 0.184. The zero-order chi connectivity index (χ0) is 23.1. The molecule has 0 aliphatic rings. The Hall–Kier alpha value is -2.58. The fourth-order valence-corrected chi connectivity index (χ4v) is 3.99. The lowest BCUT2D eigenvalue weighted by molar-refractivity contribution is -0.112. The van der Waals surface area contributed by atoms with Gasteiger partial charge in [0.1, 0.15) is 18.2 Å². The minimum atomic E-state index is -0.468. The summed E-state index contributed by atoms with van der Waals surface area (Å²) in [4.78, 5) is 12.6. The lowest BCUT2D eigenvalue weighted by Crippen LogP contribution is -2.13. The van der Waals surface area contributed by atoms with E-state index in [1.807, 2.05) is 55.5 Å². The lowest BCUT2D eigenvalue weighted by Gasteiger charge is -2.14. The van der Waals surface area contributed by atoms with Crippen LogP contribution in [0.15, 0.2) is 66.2 Å². The van der Waals surface area contributed by atoms with Gasteiger partial charge in [0.2, 0.25) is 0 Å². The first-order valence-corrected chi connectivity index (χ1v) is 11.8. The van der Waals surface area contributed by atoms with Crippen LogP contribution < -0.4 is 14.8 Å². The van der Waals surface area contributed by atoms with Crippen molar-refractivity contribution in [3.63, 3.8) is 0 Å². The van der Waals surface area contributed by atoms with Crippen LogP contribution in [0.25, 0.3) is 6.08 Å². The van der Waals surface area contributed by atoms with Crippen molar-refractivity contribution in [3.05, 3.63) is 90.1 Å². The molecule has 32 heavy (non-hydrogen) atoms. The van der Waals surface area contributed by atoms with Crippen molar-refractivity contribution >= 4 is 62.9 Å². The maximum Gasteiger partial charge on any atom is 0.266 e. The van der Waals surface area contributed by atoms with Crippen LogP contribution in [0.5, 0.6) is 11.5 Å². The zero-order valence-corrected chi connectivity index (χ0v) is 21.8. The van der Waals surface area contributed by atoms with Crippen molar-refractivity contribution in [2.45, 2.75) is 13.5 Å². The van der Waals surface area contributed by atoms with E-state index in [4.69, 9.17) is 9.47 Å². The molecule has 1 amide bonds. The first-order valence-electron chi connectivity index (χ1n) is 9.64. The van der Waals surface area contributed by atoms with Crippen molar-refractivity contribution in [1.29, 1.82) is 5.26 Å². The average molecular weight is 650 g/mol. The molecule has 0 radical (unpaired) electrons. The number of hydrogen-bond acceptors (Lipinski definition) is 4. The molecule has 3 aromatic rings. The number of ether oxygens (including phenoxy) is 2. The number of nitriles is 1. The van der Waals surface area contributed by atoms with Gasteiger partial charge in [-0.1, -0.05) is 29.8 Å². The Morgan fingerprint density at radius 3 is 2.41 bits per heavy atom. The molecule has 0 fully saturated rings. The van der Waals surface area contributed by atoms with Crippen molar-refractivity contribution in [2.24, 2.45) is 0 Å². The monoisotopic (exact) mass is 650 g/mol. The molecule has 0 heterocycles. The fraction of sp³-hybridized carbons (Fsp3) is 0.120. The Balaban J connectivity index is 1.80. The third-order valence-corrected chi connectivity index (χ3v) is 6.05. The van der Waals surface area contributed by atoms with E-state index in [0.29, 0.717) is 29.4 Å². The SMILES string of the molecule is COc1cc(/C=C(\C#N)C(=O)Nc2ccc(C)cc2)cc(I)c1OCc1ccc(I)cc1. The second-order valence-corrected chi connectivity index (χ2v) is 9.35. The van der Waals surface area contributed by atoms with E-state index in [1.165, 1.54) is 6.08 Å². The van der Waals surface area contributed by atoms with Gasteiger partial charge < -0.3 is 14.8 Å². The number of nitrogens with zero attached hydrogens (tertiary/aromatic N) is 1. The second kappa shape index (κ2) is 11.3. The van der Waals surface area contributed by atoms with E-state index in [9.17, 15) is 10.1 Å². The van der Waals surface area contributed by atoms with Crippen molar-refractivity contribution in [1.82, 2.24) is 0 Å². The van der Waals surface area contributed by atoms with Gasteiger partial charge in [0.25, 0.3) is 5.91 Å². The normalized spacial score (nSPS) is 10.9. The van der Waals surface area contributed by atoms with Crippen LogP contribution in [0.2, 0.25) is 0 Å². The molecule has 0 bridgehead atoms. The molecule has 0 saturated heterocycles. The molecule has 0 aromatic heterocycles. The fourth-order valence-electron chi connectivity index (χ4n) is 2.85. The maximum atomic E-state index is 12.6. The molecule has 1 N–H and O–H groups in total. The Morgan fingerprint density at radius 1 is 1.09 bits per heavy atom. The number of benzene rings is 3. The van der Waals surface area contributed by atoms with Crippen LogP contribution in [0.1, 0.15) is 16.7 Å². The van der Waals surface area contributed by atoms with Crippen LogP contribution in [0, 0.1) is 25.4 Å². The summed E-state index contributed by atoms with van der Waals surface area (Å²) in [7, 11) is 1.56. The minimum Gasteiger partial charge on any atom is -0.493 e. The molecule has 0 unspecified atom stereocenters. The summed E-state index contributed by atoms with van der Waals surface area (Å²) in [6.07, 6.45) is 1.54. The van der Waals surface area contributed by atoms with Crippen molar-refractivity contribution < 1.29 is 14.3 Å². The molecule has 0 saturated carbocycles. The number of methoxy groups -OCH3 is 1. The van der Waals surface area contributed by atoms with Crippen LogP contribution in [0.3, 0.4) is 0 Å². The van der Waals surface area contributed by atoms with Crippen LogP contribution in [-0.4, -0.2) is 13.0 Å². The number of carbonyl (C=O) groups excluding carboxylic acids is 1. The van der Waals surface area contributed by atoms with E-state index in [2.05, 4.69) is 50.5 Å². The number of rotatable bonds is 7. The molecule has 3 rings (SSSR count). The molecule has 162 valence electrons. The predicted octanol–water partition coefficient (Wildman–Crippen LogP) is 6.34.